The Balaban J connectivity index is 3.60. The van der Waals surface area contributed by atoms with E-state index in [1.54, 1.807) is 0 Å². The summed E-state index contributed by atoms with van der Waals surface area (Å²) in [5.41, 5.74) is 0. The molecule has 0 bridgehead atoms. The van der Waals surface area contributed by atoms with Gasteiger partial charge in [0.1, 0.15) is 0 Å². The molecule has 0 amide bonds. The molecule has 0 saturated carbocycles. The first kappa shape index (κ1) is 10.7. The van der Waals surface area contributed by atoms with Crippen LogP contribution in [0.1, 0.15) is 40.0 Å². The molecule has 0 heterocycles. The second-order valence-electron chi connectivity index (χ2n) is 3.02. The minimum absolute atomic E-state index is 0.165. The molecule has 0 aliphatic rings. The summed E-state index contributed by atoms with van der Waals surface area (Å²) in [7, 11) is 0. The molecule has 0 aromatic rings. The van der Waals surface area contributed by atoms with Crippen LogP contribution < -0.4 is 0 Å². The van der Waals surface area contributed by atoms with Crippen LogP contribution in [0.15, 0.2) is 12.2 Å². The first-order valence-corrected chi connectivity index (χ1v) is 4.55. The van der Waals surface area contributed by atoms with Gasteiger partial charge in [0.05, 0.1) is 6.10 Å². The Morgan fingerprint density at radius 1 is 1.27 bits per heavy atom. The predicted molar refractivity (Wildman–Crippen MR) is 49.5 cm³/mol. The van der Waals surface area contributed by atoms with Crippen molar-refractivity contribution in [2.45, 2.75) is 46.1 Å². The fourth-order valence-electron chi connectivity index (χ4n) is 1.14. The van der Waals surface area contributed by atoms with Gasteiger partial charge in [0.25, 0.3) is 0 Å². The monoisotopic (exact) mass is 156 g/mol. The van der Waals surface area contributed by atoms with Gasteiger partial charge in [-0.2, -0.15) is 0 Å². The Hall–Kier alpha value is -0.300. The highest BCUT2D eigenvalue weighted by molar-refractivity contribution is 4.83. The Morgan fingerprint density at radius 3 is 2.27 bits per heavy atom. The second-order valence-corrected chi connectivity index (χ2v) is 3.02. The van der Waals surface area contributed by atoms with Crippen molar-refractivity contribution in [1.82, 2.24) is 0 Å². The van der Waals surface area contributed by atoms with E-state index >= 15 is 0 Å². The van der Waals surface area contributed by atoms with Crippen molar-refractivity contribution < 1.29 is 5.11 Å². The fourth-order valence-corrected chi connectivity index (χ4v) is 1.14. The van der Waals surface area contributed by atoms with Gasteiger partial charge in [-0.3, -0.25) is 0 Å². The maximum absolute atomic E-state index is 9.28. The lowest BCUT2D eigenvalue weighted by molar-refractivity contribution is 0.124. The van der Waals surface area contributed by atoms with Gasteiger partial charge >= 0.3 is 0 Å². The van der Waals surface area contributed by atoms with Crippen molar-refractivity contribution in [3.8, 4) is 0 Å². The molecule has 1 N–H and O–H groups in total. The minimum Gasteiger partial charge on any atom is -0.393 e. The molecule has 66 valence electrons. The Bertz CT molecular complexity index is 105. The van der Waals surface area contributed by atoms with Crippen molar-refractivity contribution >= 4 is 0 Å². The van der Waals surface area contributed by atoms with Crippen molar-refractivity contribution in [1.29, 1.82) is 0 Å². The lowest BCUT2D eigenvalue weighted by Crippen LogP contribution is -2.14. The van der Waals surface area contributed by atoms with Gasteiger partial charge in [-0.15, -0.1) is 0 Å². The summed E-state index contributed by atoms with van der Waals surface area (Å²) in [6, 6.07) is 0. The van der Waals surface area contributed by atoms with Crippen molar-refractivity contribution in [3.05, 3.63) is 12.2 Å². The van der Waals surface area contributed by atoms with Crippen LogP contribution in [0.5, 0.6) is 0 Å². The van der Waals surface area contributed by atoms with Gasteiger partial charge in [0, 0.05) is 0 Å². The molecular weight excluding hydrogens is 136 g/mol. The minimum atomic E-state index is -0.165. The van der Waals surface area contributed by atoms with Crippen LogP contribution in [0, 0.1) is 5.92 Å². The third kappa shape index (κ3) is 5.02. The number of hydrogen-bond acceptors (Lipinski definition) is 1. The normalized spacial score (nSPS) is 17.1. The molecule has 0 fully saturated rings. The molecule has 0 rings (SSSR count). The third-order valence-electron chi connectivity index (χ3n) is 2.05. The van der Waals surface area contributed by atoms with Crippen molar-refractivity contribution in [2.24, 2.45) is 5.92 Å². The summed E-state index contributed by atoms with van der Waals surface area (Å²) in [5, 5.41) is 9.28. The molecule has 0 spiro atoms. The number of aliphatic hydroxyl groups excluding tert-OH is 1. The van der Waals surface area contributed by atoms with E-state index in [-0.39, 0.29) is 6.10 Å². The molecule has 0 saturated heterocycles. The smallest absolute Gasteiger partial charge is 0.0543 e. The molecular formula is C10H20O. The van der Waals surface area contributed by atoms with E-state index in [0.717, 1.165) is 19.3 Å². The molecule has 2 unspecified atom stereocenters. The van der Waals surface area contributed by atoms with Gasteiger partial charge in [0.2, 0.25) is 0 Å². The third-order valence-corrected chi connectivity index (χ3v) is 2.05. The van der Waals surface area contributed by atoms with E-state index < -0.39 is 0 Å². The highest BCUT2D eigenvalue weighted by Gasteiger charge is 2.09. The number of aliphatic hydroxyl groups is 1. The Morgan fingerprint density at radius 2 is 1.91 bits per heavy atom. The van der Waals surface area contributed by atoms with E-state index in [0.29, 0.717) is 5.92 Å². The van der Waals surface area contributed by atoms with Crippen LogP contribution in [-0.2, 0) is 0 Å². The van der Waals surface area contributed by atoms with Gasteiger partial charge in [-0.05, 0) is 25.7 Å². The lowest BCUT2D eigenvalue weighted by atomic mass is 9.97. The SMILES string of the molecule is CCC=CCC(CC)C(C)O. The molecule has 0 aromatic heterocycles. The van der Waals surface area contributed by atoms with Crippen LogP contribution in [-0.4, -0.2) is 11.2 Å². The zero-order valence-corrected chi connectivity index (χ0v) is 7.88. The van der Waals surface area contributed by atoms with Crippen LogP contribution >= 0.6 is 0 Å². The molecule has 0 aromatic carbocycles. The molecule has 0 aliphatic carbocycles. The van der Waals surface area contributed by atoms with E-state index in [4.69, 9.17) is 0 Å². The summed E-state index contributed by atoms with van der Waals surface area (Å²) in [5.74, 6) is 0.442. The van der Waals surface area contributed by atoms with Gasteiger partial charge < -0.3 is 5.11 Å². The van der Waals surface area contributed by atoms with Gasteiger partial charge in [0.15, 0.2) is 0 Å². The topological polar surface area (TPSA) is 20.2 Å². The summed E-state index contributed by atoms with van der Waals surface area (Å²) < 4.78 is 0. The maximum atomic E-state index is 9.28. The zero-order valence-electron chi connectivity index (χ0n) is 7.88. The van der Waals surface area contributed by atoms with E-state index in [1.165, 1.54) is 0 Å². The molecule has 0 aliphatic heterocycles. The first-order chi connectivity index (χ1) is 5.22. The summed E-state index contributed by atoms with van der Waals surface area (Å²) >= 11 is 0. The largest absolute Gasteiger partial charge is 0.393 e. The summed E-state index contributed by atoms with van der Waals surface area (Å²) in [4.78, 5) is 0. The van der Waals surface area contributed by atoms with Crippen LogP contribution in [0.3, 0.4) is 0 Å². The standard InChI is InChI=1S/C10H20O/c1-4-6-7-8-10(5-2)9(3)11/h6-7,9-11H,4-5,8H2,1-3H3. The zero-order chi connectivity index (χ0) is 8.69. The molecule has 1 heteroatoms. The molecule has 1 nitrogen and oxygen atoms in total. The summed E-state index contributed by atoms with van der Waals surface area (Å²) in [6.45, 7) is 6.12. The van der Waals surface area contributed by atoms with E-state index in [9.17, 15) is 5.11 Å². The van der Waals surface area contributed by atoms with Crippen LogP contribution in [0.25, 0.3) is 0 Å². The van der Waals surface area contributed by atoms with Gasteiger partial charge in [-0.25, -0.2) is 0 Å². The van der Waals surface area contributed by atoms with Crippen molar-refractivity contribution in [2.75, 3.05) is 0 Å². The molecule has 11 heavy (non-hydrogen) atoms. The second kappa shape index (κ2) is 6.41. The number of hydrogen-bond donors (Lipinski definition) is 1. The van der Waals surface area contributed by atoms with Crippen LogP contribution in [0.2, 0.25) is 0 Å². The number of allylic oxidation sites excluding steroid dienone is 2. The Kier molecular flexibility index (Phi) is 6.24. The summed E-state index contributed by atoms with van der Waals surface area (Å²) in [6.07, 6.45) is 7.33. The average molecular weight is 156 g/mol. The first-order valence-electron chi connectivity index (χ1n) is 4.55. The average Bonchev–Trinajstić information content (AvgIpc) is 1.97. The highest BCUT2D eigenvalue weighted by Crippen LogP contribution is 2.13. The van der Waals surface area contributed by atoms with Gasteiger partial charge in [-0.1, -0.05) is 32.4 Å². The highest BCUT2D eigenvalue weighted by atomic mass is 16.3. The number of rotatable bonds is 5. The van der Waals surface area contributed by atoms with Crippen molar-refractivity contribution in [3.63, 3.8) is 0 Å². The fraction of sp³-hybridized carbons (Fsp3) is 0.800. The van der Waals surface area contributed by atoms with Crippen LogP contribution in [0.4, 0.5) is 0 Å². The quantitative estimate of drug-likeness (QED) is 0.607. The van der Waals surface area contributed by atoms with E-state index in [1.807, 2.05) is 6.92 Å². The predicted octanol–water partition coefficient (Wildman–Crippen LogP) is 2.75. The maximum Gasteiger partial charge on any atom is 0.0543 e. The molecule has 2 atom stereocenters. The van der Waals surface area contributed by atoms with E-state index in [2.05, 4.69) is 26.0 Å². The molecule has 0 radical (unpaired) electrons. The Labute approximate surface area is 70.1 Å². The lowest BCUT2D eigenvalue weighted by Gasteiger charge is -2.15.